The molecule has 2 aliphatic heterocycles. The van der Waals surface area contributed by atoms with Crippen LogP contribution in [0.4, 0.5) is 0 Å². The topological polar surface area (TPSA) is 214 Å². The highest BCUT2D eigenvalue weighted by Gasteiger charge is 2.47. The van der Waals surface area contributed by atoms with Crippen LogP contribution < -0.4 is 0 Å². The van der Waals surface area contributed by atoms with Crippen molar-refractivity contribution < 1.29 is 69.0 Å². The lowest BCUT2D eigenvalue weighted by Crippen LogP contribution is -2.61. The molecular weight excluding hydrogens is 680 g/mol. The van der Waals surface area contributed by atoms with Gasteiger partial charge in [-0.3, -0.25) is 4.79 Å². The Labute approximate surface area is 311 Å². The van der Waals surface area contributed by atoms with Crippen molar-refractivity contribution in [3.63, 3.8) is 0 Å². The maximum Gasteiger partial charge on any atom is 0.306 e. The predicted molar refractivity (Wildman–Crippen MR) is 192 cm³/mol. The third-order valence-electron chi connectivity index (χ3n) is 9.87. The number of hydrogen-bond donors (Lipinski definition) is 7. The van der Waals surface area contributed by atoms with Crippen LogP contribution in [0.25, 0.3) is 0 Å². The number of esters is 1. The van der Waals surface area contributed by atoms with Crippen LogP contribution in [0.1, 0.15) is 136 Å². The predicted octanol–water partition coefficient (Wildman–Crippen LogP) is 3.01. The van der Waals surface area contributed by atoms with Crippen molar-refractivity contribution in [2.24, 2.45) is 0 Å². The van der Waals surface area contributed by atoms with Crippen LogP contribution in [0.2, 0.25) is 0 Å². The van der Waals surface area contributed by atoms with Gasteiger partial charge in [0.15, 0.2) is 12.6 Å². The molecule has 0 aliphatic carbocycles. The van der Waals surface area contributed by atoms with Crippen molar-refractivity contribution in [2.45, 2.75) is 203 Å². The Morgan fingerprint density at radius 2 is 1.02 bits per heavy atom. The van der Waals surface area contributed by atoms with Gasteiger partial charge in [-0.05, 0) is 12.8 Å². The van der Waals surface area contributed by atoms with E-state index >= 15 is 0 Å². The van der Waals surface area contributed by atoms with Crippen molar-refractivity contribution in [2.75, 3.05) is 33.0 Å². The molecule has 2 fully saturated rings. The van der Waals surface area contributed by atoms with E-state index in [1.54, 1.807) is 0 Å². The molecule has 0 aromatic carbocycles. The number of hydrogen-bond acceptors (Lipinski definition) is 14. The molecule has 11 unspecified atom stereocenters. The smallest absolute Gasteiger partial charge is 0.306 e. The van der Waals surface area contributed by atoms with E-state index in [1.807, 2.05) is 0 Å². The molecular formula is C38H72O14. The summed E-state index contributed by atoms with van der Waals surface area (Å²) in [5.41, 5.74) is 0. The van der Waals surface area contributed by atoms with Crippen molar-refractivity contribution in [1.29, 1.82) is 0 Å². The highest BCUT2D eigenvalue weighted by molar-refractivity contribution is 5.69. The molecule has 0 radical (unpaired) electrons. The van der Waals surface area contributed by atoms with Gasteiger partial charge < -0.3 is 64.2 Å². The minimum absolute atomic E-state index is 0.0677. The molecule has 14 nitrogen and oxygen atoms in total. The number of ether oxygens (including phenoxy) is 6. The van der Waals surface area contributed by atoms with Crippen molar-refractivity contribution in [3.8, 4) is 0 Å². The van der Waals surface area contributed by atoms with Gasteiger partial charge in [-0.15, -0.1) is 0 Å². The third-order valence-corrected chi connectivity index (χ3v) is 9.87. The number of carbonyl (C=O) groups excluding carboxylic acids is 1. The van der Waals surface area contributed by atoms with Crippen LogP contribution in [-0.4, -0.2) is 142 Å². The first-order valence-electron chi connectivity index (χ1n) is 20.1. The number of rotatable bonds is 30. The van der Waals surface area contributed by atoms with Crippen LogP contribution in [0.3, 0.4) is 0 Å². The molecule has 2 saturated heterocycles. The van der Waals surface area contributed by atoms with Gasteiger partial charge in [0, 0.05) is 13.0 Å². The van der Waals surface area contributed by atoms with E-state index in [9.17, 15) is 40.5 Å². The maximum atomic E-state index is 12.8. The van der Waals surface area contributed by atoms with Gasteiger partial charge in [-0.1, -0.05) is 117 Å². The van der Waals surface area contributed by atoms with Gasteiger partial charge in [-0.2, -0.15) is 0 Å². The normalized spacial score (nSPS) is 30.0. The van der Waals surface area contributed by atoms with E-state index in [0.29, 0.717) is 13.0 Å². The summed E-state index contributed by atoms with van der Waals surface area (Å²) in [5, 5.41) is 71.5. The van der Waals surface area contributed by atoms with Crippen LogP contribution >= 0.6 is 0 Å². The largest absolute Gasteiger partial charge is 0.457 e. The summed E-state index contributed by atoms with van der Waals surface area (Å²) >= 11 is 0. The molecule has 0 amide bonds. The summed E-state index contributed by atoms with van der Waals surface area (Å²) in [6.45, 7) is 3.62. The van der Waals surface area contributed by atoms with Crippen LogP contribution in [-0.2, 0) is 33.2 Å². The van der Waals surface area contributed by atoms with Crippen LogP contribution in [0.15, 0.2) is 0 Å². The van der Waals surface area contributed by atoms with Gasteiger partial charge in [0.05, 0.1) is 26.4 Å². The second-order valence-corrected chi connectivity index (χ2v) is 14.5. The number of aliphatic hydroxyl groups excluding tert-OH is 7. The van der Waals surface area contributed by atoms with E-state index in [1.165, 1.54) is 70.6 Å². The highest BCUT2D eigenvalue weighted by atomic mass is 16.7. The molecule has 7 N–H and O–H groups in total. The third kappa shape index (κ3) is 18.1. The zero-order valence-electron chi connectivity index (χ0n) is 31.8. The lowest BCUT2D eigenvalue weighted by atomic mass is 9.98. The van der Waals surface area contributed by atoms with Crippen LogP contribution in [0.5, 0.6) is 0 Å². The fraction of sp³-hybridized carbons (Fsp3) is 0.974. The van der Waals surface area contributed by atoms with Gasteiger partial charge in [0.2, 0.25) is 0 Å². The molecule has 0 aromatic rings. The van der Waals surface area contributed by atoms with Crippen molar-refractivity contribution in [1.82, 2.24) is 0 Å². The lowest BCUT2D eigenvalue weighted by molar-refractivity contribution is -0.332. The monoisotopic (exact) mass is 752 g/mol. The van der Waals surface area contributed by atoms with E-state index < -0.39 is 80.7 Å². The molecule has 0 aromatic heterocycles. The highest BCUT2D eigenvalue weighted by Crippen LogP contribution is 2.26. The molecule has 0 spiro atoms. The summed E-state index contributed by atoms with van der Waals surface area (Å²) in [5.74, 6) is -0.381. The first-order valence-corrected chi connectivity index (χ1v) is 20.1. The Hall–Kier alpha value is -1.01. The lowest BCUT2D eigenvalue weighted by Gasteiger charge is -2.42. The molecule has 308 valence electrons. The first-order chi connectivity index (χ1) is 25.1. The Bertz CT molecular complexity index is 881. The molecule has 2 aliphatic rings. The Balaban J connectivity index is 1.86. The minimum Gasteiger partial charge on any atom is -0.457 e. The average Bonchev–Trinajstić information content (AvgIpc) is 3.14. The zero-order chi connectivity index (χ0) is 38.1. The van der Waals surface area contributed by atoms with E-state index in [-0.39, 0.29) is 25.6 Å². The second-order valence-electron chi connectivity index (χ2n) is 14.5. The van der Waals surface area contributed by atoms with E-state index in [0.717, 1.165) is 38.5 Å². The molecule has 0 bridgehead atoms. The SMILES string of the molecule is CCCCCCCCCCCCOCC(COC1OC(COC2OC(CO)C(O)C(O)C2O)C(O)C(O)C1O)OC(=O)CCCCCCCCCC. The maximum absolute atomic E-state index is 12.8. The second kappa shape index (κ2) is 28.4. The average molecular weight is 753 g/mol. The summed E-state index contributed by atoms with van der Waals surface area (Å²) < 4.78 is 33.9. The van der Waals surface area contributed by atoms with Crippen molar-refractivity contribution in [3.05, 3.63) is 0 Å². The molecule has 14 heteroatoms. The van der Waals surface area contributed by atoms with Gasteiger partial charge >= 0.3 is 5.97 Å². The van der Waals surface area contributed by atoms with Crippen molar-refractivity contribution >= 4 is 5.97 Å². The van der Waals surface area contributed by atoms with Gasteiger partial charge in [0.25, 0.3) is 0 Å². The Kier molecular flexibility index (Phi) is 25.8. The standard InChI is InChI=1S/C38H72O14/c1-3-5-7-9-11-13-14-16-18-20-22-47-24-27(50-30(40)21-19-17-15-12-10-8-6-4-2)25-48-37-36(46)34(44)32(42)29(52-37)26-49-38-35(45)33(43)31(41)28(23-39)51-38/h27-29,31-39,41-46H,3-26H2,1-2H3. The molecule has 11 atom stereocenters. The van der Waals surface area contributed by atoms with Gasteiger partial charge in [-0.25, -0.2) is 0 Å². The fourth-order valence-corrected chi connectivity index (χ4v) is 6.46. The summed E-state index contributed by atoms with van der Waals surface area (Å²) in [6, 6.07) is 0. The fourth-order valence-electron chi connectivity index (χ4n) is 6.46. The first kappa shape index (κ1) is 47.1. The quantitative estimate of drug-likeness (QED) is 0.0415. The van der Waals surface area contributed by atoms with E-state index in [2.05, 4.69) is 13.8 Å². The number of carbonyl (C=O) groups is 1. The number of unbranched alkanes of at least 4 members (excludes halogenated alkanes) is 16. The molecule has 2 rings (SSSR count). The summed E-state index contributed by atoms with van der Waals surface area (Å²) in [7, 11) is 0. The molecule has 0 saturated carbocycles. The Morgan fingerprint density at radius 1 is 0.558 bits per heavy atom. The van der Waals surface area contributed by atoms with Crippen LogP contribution in [0, 0.1) is 0 Å². The molecule has 52 heavy (non-hydrogen) atoms. The van der Waals surface area contributed by atoms with E-state index in [4.69, 9.17) is 28.4 Å². The Morgan fingerprint density at radius 3 is 1.56 bits per heavy atom. The zero-order valence-corrected chi connectivity index (χ0v) is 31.8. The molecule has 2 heterocycles. The summed E-state index contributed by atoms with van der Waals surface area (Å²) in [6.07, 6.45) is 4.87. The number of aliphatic hydroxyl groups is 7. The summed E-state index contributed by atoms with van der Waals surface area (Å²) in [4.78, 5) is 12.8. The minimum atomic E-state index is -1.70. The van der Waals surface area contributed by atoms with Gasteiger partial charge in [0.1, 0.15) is 54.9 Å².